The summed E-state index contributed by atoms with van der Waals surface area (Å²) >= 11 is 2.98. The fourth-order valence-electron chi connectivity index (χ4n) is 4.87. The summed E-state index contributed by atoms with van der Waals surface area (Å²) in [5.74, 6) is 0.770. The van der Waals surface area contributed by atoms with Crippen LogP contribution < -0.4 is 9.64 Å². The first kappa shape index (κ1) is 26.6. The minimum absolute atomic E-state index is 0.0298. The number of rotatable bonds is 9. The molecule has 3 aromatic heterocycles. The predicted molar refractivity (Wildman–Crippen MR) is 161 cm³/mol. The van der Waals surface area contributed by atoms with Gasteiger partial charge in [-0.05, 0) is 55.8 Å². The maximum atomic E-state index is 14.1. The van der Waals surface area contributed by atoms with E-state index >= 15 is 0 Å². The van der Waals surface area contributed by atoms with Crippen LogP contribution in [0.1, 0.15) is 21.8 Å². The highest BCUT2D eigenvalue weighted by Gasteiger charge is 2.25. The summed E-state index contributed by atoms with van der Waals surface area (Å²) in [5.41, 5.74) is 3.72. The van der Waals surface area contributed by atoms with Gasteiger partial charge in [0.25, 0.3) is 5.91 Å². The molecule has 1 saturated heterocycles. The average molecular weight is 574 g/mol. The maximum absolute atomic E-state index is 14.1. The molecule has 0 N–H and O–H groups in total. The Kier molecular flexibility index (Phi) is 7.92. The number of aryl methyl sites for hydroxylation is 1. The Morgan fingerprint density at radius 2 is 1.88 bits per heavy atom. The molecular formula is C30H31N5O3S2. The molecule has 0 spiro atoms. The molecule has 1 amide bonds. The van der Waals surface area contributed by atoms with Crippen molar-refractivity contribution in [1.29, 1.82) is 0 Å². The number of para-hydroxylation sites is 1. The second kappa shape index (κ2) is 11.9. The summed E-state index contributed by atoms with van der Waals surface area (Å²) in [6.45, 7) is 6.88. The molecule has 6 rings (SSSR count). The number of morpholine rings is 1. The van der Waals surface area contributed by atoms with Gasteiger partial charge in [0.1, 0.15) is 10.6 Å². The van der Waals surface area contributed by atoms with Crippen LogP contribution in [0.25, 0.3) is 27.2 Å². The van der Waals surface area contributed by atoms with Crippen molar-refractivity contribution in [2.75, 3.05) is 51.4 Å². The van der Waals surface area contributed by atoms with Gasteiger partial charge in [0, 0.05) is 42.5 Å². The highest BCUT2D eigenvalue weighted by Crippen LogP contribution is 2.34. The van der Waals surface area contributed by atoms with Crippen LogP contribution in [-0.2, 0) is 4.74 Å². The minimum atomic E-state index is -0.0298. The van der Waals surface area contributed by atoms with Crippen molar-refractivity contribution in [2.45, 2.75) is 13.3 Å². The highest BCUT2D eigenvalue weighted by molar-refractivity contribution is 7.20. The van der Waals surface area contributed by atoms with Crippen molar-refractivity contribution in [3.05, 3.63) is 76.6 Å². The molecule has 4 heterocycles. The van der Waals surface area contributed by atoms with Gasteiger partial charge >= 0.3 is 0 Å². The van der Waals surface area contributed by atoms with Crippen molar-refractivity contribution >= 4 is 43.9 Å². The molecule has 0 atom stereocenters. The summed E-state index contributed by atoms with van der Waals surface area (Å²) < 4.78 is 12.7. The van der Waals surface area contributed by atoms with Gasteiger partial charge in [-0.1, -0.05) is 18.2 Å². The number of carbonyl (C=O) groups is 1. The Hall–Kier alpha value is -3.57. The average Bonchev–Trinajstić information content (AvgIpc) is 3.73. The molecule has 10 heteroatoms. The van der Waals surface area contributed by atoms with E-state index in [1.165, 1.54) is 22.7 Å². The molecule has 1 fully saturated rings. The number of methoxy groups -OCH3 is 1. The van der Waals surface area contributed by atoms with E-state index in [-0.39, 0.29) is 5.91 Å². The summed E-state index contributed by atoms with van der Waals surface area (Å²) in [6.07, 6.45) is 0.852. The summed E-state index contributed by atoms with van der Waals surface area (Å²) in [6, 6.07) is 19.9. The van der Waals surface area contributed by atoms with Crippen molar-refractivity contribution in [3.63, 3.8) is 0 Å². The van der Waals surface area contributed by atoms with Gasteiger partial charge in [0.05, 0.1) is 42.3 Å². The van der Waals surface area contributed by atoms with Crippen molar-refractivity contribution in [2.24, 2.45) is 0 Å². The lowest BCUT2D eigenvalue weighted by Crippen LogP contribution is -2.39. The zero-order chi connectivity index (χ0) is 27.5. The van der Waals surface area contributed by atoms with E-state index in [1.807, 2.05) is 82.5 Å². The Bertz CT molecular complexity index is 1590. The molecule has 8 nitrogen and oxygen atoms in total. The Morgan fingerprint density at radius 1 is 1.10 bits per heavy atom. The quantitative estimate of drug-likeness (QED) is 0.219. The van der Waals surface area contributed by atoms with E-state index in [1.54, 1.807) is 7.11 Å². The van der Waals surface area contributed by atoms with Gasteiger partial charge < -0.3 is 9.47 Å². The standard InChI is InChI=1S/C30H31N5O3S2/c1-21-25-19-27(40-29(25)35(32-21)23-7-4-3-5-8-23)28(36)34(14-6-13-33-15-17-38-18-16-33)30-31-26(20-39-30)22-9-11-24(37-2)12-10-22/h3-5,7-12,19-20H,6,13-18H2,1-2H3. The molecule has 40 heavy (non-hydrogen) atoms. The van der Waals surface area contributed by atoms with E-state index in [2.05, 4.69) is 4.90 Å². The number of carbonyl (C=O) groups excluding carboxylic acids is 1. The summed E-state index contributed by atoms with van der Waals surface area (Å²) in [4.78, 5) is 24.9. The van der Waals surface area contributed by atoms with Crippen LogP contribution in [0, 0.1) is 6.92 Å². The van der Waals surface area contributed by atoms with Crippen molar-refractivity contribution in [1.82, 2.24) is 19.7 Å². The number of ether oxygens (including phenoxy) is 2. The third-order valence-electron chi connectivity index (χ3n) is 7.07. The molecule has 206 valence electrons. The van der Waals surface area contributed by atoms with Gasteiger partial charge in [0.15, 0.2) is 5.13 Å². The SMILES string of the molecule is COc1ccc(-c2csc(N(CCCN3CCOCC3)C(=O)c3cc4c(C)nn(-c5ccccc5)c4s3)n2)cc1. The number of benzene rings is 2. The first-order chi connectivity index (χ1) is 19.6. The van der Waals surface area contributed by atoms with Gasteiger partial charge in [0.2, 0.25) is 0 Å². The van der Waals surface area contributed by atoms with Crippen molar-refractivity contribution < 1.29 is 14.3 Å². The first-order valence-electron chi connectivity index (χ1n) is 13.4. The van der Waals surface area contributed by atoms with E-state index in [4.69, 9.17) is 19.6 Å². The summed E-state index contributed by atoms with van der Waals surface area (Å²) in [7, 11) is 1.66. The molecule has 0 unspecified atom stereocenters. The smallest absolute Gasteiger partial charge is 0.270 e. The second-order valence-corrected chi connectivity index (χ2v) is 11.5. The zero-order valence-electron chi connectivity index (χ0n) is 22.6. The van der Waals surface area contributed by atoms with Crippen LogP contribution in [0.2, 0.25) is 0 Å². The van der Waals surface area contributed by atoms with Crippen LogP contribution in [-0.4, -0.2) is 72.1 Å². The fourth-order valence-corrected chi connectivity index (χ4v) is 6.86. The number of fused-ring (bicyclic) bond motifs is 1. The monoisotopic (exact) mass is 573 g/mol. The number of thiazole rings is 1. The van der Waals surface area contributed by atoms with Gasteiger partial charge in [-0.25, -0.2) is 9.67 Å². The predicted octanol–water partition coefficient (Wildman–Crippen LogP) is 5.90. The highest BCUT2D eigenvalue weighted by atomic mass is 32.1. The summed E-state index contributed by atoms with van der Waals surface area (Å²) in [5, 5.41) is 8.47. The van der Waals surface area contributed by atoms with E-state index in [0.29, 0.717) is 16.6 Å². The number of amides is 1. The number of hydrogen-bond donors (Lipinski definition) is 0. The normalized spacial score (nSPS) is 14.1. The lowest BCUT2D eigenvalue weighted by Gasteiger charge is -2.27. The van der Waals surface area contributed by atoms with Crippen LogP contribution >= 0.6 is 22.7 Å². The second-order valence-electron chi connectivity index (χ2n) is 9.67. The molecule has 0 bridgehead atoms. The lowest BCUT2D eigenvalue weighted by atomic mass is 10.2. The molecule has 0 saturated carbocycles. The van der Waals surface area contributed by atoms with E-state index < -0.39 is 0 Å². The van der Waals surface area contributed by atoms with Gasteiger partial charge in [-0.15, -0.1) is 22.7 Å². The largest absolute Gasteiger partial charge is 0.497 e. The number of anilines is 1. The maximum Gasteiger partial charge on any atom is 0.270 e. The molecule has 2 aromatic carbocycles. The zero-order valence-corrected chi connectivity index (χ0v) is 24.2. The third kappa shape index (κ3) is 5.53. The molecular weight excluding hydrogens is 542 g/mol. The number of nitrogens with zero attached hydrogens (tertiary/aromatic N) is 5. The number of hydrogen-bond acceptors (Lipinski definition) is 8. The molecule has 1 aliphatic rings. The number of thiophene rings is 1. The molecule has 5 aromatic rings. The Labute approximate surface area is 241 Å². The molecule has 0 aliphatic carbocycles. The topological polar surface area (TPSA) is 72.7 Å². The van der Waals surface area contributed by atoms with Crippen LogP contribution in [0.5, 0.6) is 5.75 Å². The van der Waals surface area contributed by atoms with Crippen LogP contribution in [0.15, 0.2) is 66.0 Å². The van der Waals surface area contributed by atoms with Gasteiger partial charge in [-0.2, -0.15) is 5.10 Å². The minimum Gasteiger partial charge on any atom is -0.497 e. The lowest BCUT2D eigenvalue weighted by molar-refractivity contribution is 0.0376. The fraction of sp³-hybridized carbons (Fsp3) is 0.300. The van der Waals surface area contributed by atoms with E-state index in [9.17, 15) is 4.79 Å². The van der Waals surface area contributed by atoms with E-state index in [0.717, 1.165) is 77.9 Å². The molecule has 0 radical (unpaired) electrons. The number of aromatic nitrogens is 3. The third-order valence-corrected chi connectivity index (χ3v) is 9.03. The molecule has 1 aliphatic heterocycles. The Balaban J connectivity index is 1.29. The Morgan fingerprint density at radius 3 is 2.62 bits per heavy atom. The van der Waals surface area contributed by atoms with Gasteiger partial charge in [-0.3, -0.25) is 14.6 Å². The van der Waals surface area contributed by atoms with Crippen molar-refractivity contribution in [3.8, 4) is 22.7 Å². The first-order valence-corrected chi connectivity index (χ1v) is 15.1. The van der Waals surface area contributed by atoms with Crippen LogP contribution in [0.4, 0.5) is 5.13 Å². The van der Waals surface area contributed by atoms with Crippen LogP contribution in [0.3, 0.4) is 0 Å².